The minimum atomic E-state index is 0. The summed E-state index contributed by atoms with van der Waals surface area (Å²) in [5.74, 6) is 0.177. The molecule has 0 spiro atoms. The summed E-state index contributed by atoms with van der Waals surface area (Å²) in [6, 6.07) is 7.53. The van der Waals surface area contributed by atoms with Crippen LogP contribution < -0.4 is 5.73 Å². The summed E-state index contributed by atoms with van der Waals surface area (Å²) in [6.07, 6.45) is 0.553. The quantitative estimate of drug-likeness (QED) is 0.785. The number of carbonyl (C=O) groups is 1. The smallest absolute Gasteiger partial charge is 0.162 e. The zero-order valence-corrected chi connectivity index (χ0v) is 9.30. The summed E-state index contributed by atoms with van der Waals surface area (Å²) >= 11 is 0. The fraction of sp³-hybridized carbons (Fsp3) is 0.364. The van der Waals surface area contributed by atoms with Gasteiger partial charge in [0.05, 0.1) is 0 Å². The van der Waals surface area contributed by atoms with E-state index in [1.807, 2.05) is 38.1 Å². The van der Waals surface area contributed by atoms with Crippen LogP contribution in [-0.4, -0.2) is 5.78 Å². The van der Waals surface area contributed by atoms with E-state index < -0.39 is 0 Å². The van der Waals surface area contributed by atoms with Gasteiger partial charge in [-0.05, 0) is 12.5 Å². The predicted molar refractivity (Wildman–Crippen MR) is 60.9 cm³/mol. The van der Waals surface area contributed by atoms with Crippen molar-refractivity contribution in [3.05, 3.63) is 35.4 Å². The minimum Gasteiger partial charge on any atom is -0.324 e. The highest BCUT2D eigenvalue weighted by Gasteiger charge is 2.03. The molecule has 1 unspecified atom stereocenters. The summed E-state index contributed by atoms with van der Waals surface area (Å²) in [7, 11) is 0. The van der Waals surface area contributed by atoms with E-state index in [2.05, 4.69) is 0 Å². The number of hydrogen-bond donors (Lipinski definition) is 1. The molecule has 0 saturated carbocycles. The molecule has 3 heteroatoms. The Morgan fingerprint density at radius 1 is 1.36 bits per heavy atom. The van der Waals surface area contributed by atoms with Crippen LogP contribution in [0, 0.1) is 0 Å². The Kier molecular flexibility index (Phi) is 5.43. The molecule has 0 radical (unpaired) electrons. The van der Waals surface area contributed by atoms with Gasteiger partial charge in [-0.15, -0.1) is 12.4 Å². The monoisotopic (exact) mass is 213 g/mol. The van der Waals surface area contributed by atoms with Crippen molar-refractivity contribution < 1.29 is 4.79 Å². The van der Waals surface area contributed by atoms with Crippen LogP contribution in [0.4, 0.5) is 0 Å². The zero-order valence-electron chi connectivity index (χ0n) is 8.49. The van der Waals surface area contributed by atoms with E-state index in [1.165, 1.54) is 0 Å². The Balaban J connectivity index is 0.00000169. The van der Waals surface area contributed by atoms with Gasteiger partial charge in [0.25, 0.3) is 0 Å². The van der Waals surface area contributed by atoms with Crippen LogP contribution in [0.15, 0.2) is 24.3 Å². The predicted octanol–water partition coefficient (Wildman–Crippen LogP) is 2.72. The third kappa shape index (κ3) is 3.13. The highest BCUT2D eigenvalue weighted by Crippen LogP contribution is 2.11. The van der Waals surface area contributed by atoms with Crippen LogP contribution >= 0.6 is 12.4 Å². The van der Waals surface area contributed by atoms with Crippen LogP contribution in [0.5, 0.6) is 0 Å². The second-order valence-corrected chi connectivity index (χ2v) is 3.19. The van der Waals surface area contributed by atoms with E-state index in [0.717, 1.165) is 11.1 Å². The highest BCUT2D eigenvalue weighted by molar-refractivity contribution is 5.95. The maximum atomic E-state index is 11.3. The molecule has 0 aromatic heterocycles. The van der Waals surface area contributed by atoms with Gasteiger partial charge >= 0.3 is 0 Å². The fourth-order valence-electron chi connectivity index (χ4n) is 1.18. The second-order valence-electron chi connectivity index (χ2n) is 3.19. The number of ketones is 1. The van der Waals surface area contributed by atoms with Gasteiger partial charge in [0, 0.05) is 18.0 Å². The third-order valence-corrected chi connectivity index (χ3v) is 2.08. The van der Waals surface area contributed by atoms with E-state index in [9.17, 15) is 4.79 Å². The van der Waals surface area contributed by atoms with Gasteiger partial charge in [-0.3, -0.25) is 4.79 Å². The number of rotatable bonds is 3. The Morgan fingerprint density at radius 3 is 2.21 bits per heavy atom. The van der Waals surface area contributed by atoms with Gasteiger partial charge in [-0.25, -0.2) is 0 Å². The second kappa shape index (κ2) is 5.78. The molecule has 1 atom stereocenters. The van der Waals surface area contributed by atoms with Crippen LogP contribution in [0.2, 0.25) is 0 Å². The Hall–Kier alpha value is -0.860. The van der Waals surface area contributed by atoms with Gasteiger partial charge in [0.2, 0.25) is 0 Å². The first-order valence-corrected chi connectivity index (χ1v) is 4.54. The Bertz CT molecular complexity index is 293. The normalized spacial score (nSPS) is 11.6. The number of benzene rings is 1. The molecule has 78 valence electrons. The SMILES string of the molecule is CCC(=O)c1ccc(C(C)N)cc1.Cl. The van der Waals surface area contributed by atoms with Gasteiger partial charge in [-0.2, -0.15) is 0 Å². The highest BCUT2D eigenvalue weighted by atomic mass is 35.5. The summed E-state index contributed by atoms with van der Waals surface area (Å²) < 4.78 is 0. The molecule has 14 heavy (non-hydrogen) atoms. The summed E-state index contributed by atoms with van der Waals surface area (Å²) in [5, 5.41) is 0. The van der Waals surface area contributed by atoms with Crippen molar-refractivity contribution in [1.29, 1.82) is 0 Å². The lowest BCUT2D eigenvalue weighted by Gasteiger charge is -2.05. The maximum absolute atomic E-state index is 11.3. The fourth-order valence-corrected chi connectivity index (χ4v) is 1.18. The molecule has 0 aliphatic rings. The van der Waals surface area contributed by atoms with Crippen molar-refractivity contribution in [3.63, 3.8) is 0 Å². The lowest BCUT2D eigenvalue weighted by Crippen LogP contribution is -2.05. The van der Waals surface area contributed by atoms with Crippen molar-refractivity contribution in [1.82, 2.24) is 0 Å². The van der Waals surface area contributed by atoms with E-state index in [0.29, 0.717) is 6.42 Å². The largest absolute Gasteiger partial charge is 0.324 e. The van der Waals surface area contributed by atoms with Crippen LogP contribution in [-0.2, 0) is 0 Å². The number of carbonyl (C=O) groups excluding carboxylic acids is 1. The third-order valence-electron chi connectivity index (χ3n) is 2.08. The topological polar surface area (TPSA) is 43.1 Å². The van der Waals surface area contributed by atoms with E-state index in [4.69, 9.17) is 5.73 Å². The van der Waals surface area contributed by atoms with Crippen LogP contribution in [0.3, 0.4) is 0 Å². The summed E-state index contributed by atoms with van der Waals surface area (Å²) in [5.41, 5.74) is 7.52. The van der Waals surface area contributed by atoms with E-state index >= 15 is 0 Å². The van der Waals surface area contributed by atoms with Crippen molar-refractivity contribution in [2.24, 2.45) is 5.73 Å². The van der Waals surface area contributed by atoms with Gasteiger partial charge in [0.1, 0.15) is 0 Å². The molecular formula is C11H16ClNO. The van der Waals surface area contributed by atoms with Crippen LogP contribution in [0.1, 0.15) is 42.2 Å². The van der Waals surface area contributed by atoms with Crippen molar-refractivity contribution >= 4 is 18.2 Å². The molecule has 1 aromatic carbocycles. The van der Waals surface area contributed by atoms with Crippen molar-refractivity contribution in [2.75, 3.05) is 0 Å². The molecule has 0 fully saturated rings. The molecule has 1 aromatic rings. The lowest BCUT2D eigenvalue weighted by molar-refractivity contribution is 0.0988. The average molecular weight is 214 g/mol. The van der Waals surface area contributed by atoms with Gasteiger partial charge in [0.15, 0.2) is 5.78 Å². The van der Waals surface area contributed by atoms with Crippen LogP contribution in [0.25, 0.3) is 0 Å². The zero-order chi connectivity index (χ0) is 9.84. The van der Waals surface area contributed by atoms with Crippen molar-refractivity contribution in [2.45, 2.75) is 26.3 Å². The molecule has 0 aliphatic carbocycles. The molecule has 0 heterocycles. The molecule has 0 amide bonds. The van der Waals surface area contributed by atoms with Gasteiger partial charge in [-0.1, -0.05) is 31.2 Å². The molecule has 2 nitrogen and oxygen atoms in total. The molecule has 1 rings (SSSR count). The molecular weight excluding hydrogens is 198 g/mol. The van der Waals surface area contributed by atoms with E-state index in [-0.39, 0.29) is 24.2 Å². The maximum Gasteiger partial charge on any atom is 0.162 e. The lowest BCUT2D eigenvalue weighted by atomic mass is 10.0. The Labute approximate surface area is 90.9 Å². The minimum absolute atomic E-state index is 0. The standard InChI is InChI=1S/C11H15NO.ClH/c1-3-11(13)10-6-4-9(5-7-10)8(2)12;/h4-8H,3,12H2,1-2H3;1H. The number of nitrogens with two attached hydrogens (primary N) is 1. The molecule has 0 bridgehead atoms. The first-order valence-electron chi connectivity index (χ1n) is 4.54. The number of halogens is 1. The average Bonchev–Trinajstić information content (AvgIpc) is 2.17. The van der Waals surface area contributed by atoms with Crippen molar-refractivity contribution in [3.8, 4) is 0 Å². The number of Topliss-reactive ketones (excluding diaryl/α,β-unsaturated/α-hetero) is 1. The Morgan fingerprint density at radius 2 is 1.86 bits per heavy atom. The van der Waals surface area contributed by atoms with E-state index in [1.54, 1.807) is 0 Å². The van der Waals surface area contributed by atoms with Gasteiger partial charge < -0.3 is 5.73 Å². The molecule has 2 N–H and O–H groups in total. The first-order chi connectivity index (χ1) is 6.15. The summed E-state index contributed by atoms with van der Waals surface area (Å²) in [6.45, 7) is 3.79. The first kappa shape index (κ1) is 13.1. The summed E-state index contributed by atoms with van der Waals surface area (Å²) in [4.78, 5) is 11.3. The molecule has 0 saturated heterocycles. The molecule has 0 aliphatic heterocycles. The number of hydrogen-bond acceptors (Lipinski definition) is 2.